The Kier molecular flexibility index (Phi) is 3.10. The Morgan fingerprint density at radius 3 is 2.43 bits per heavy atom. The lowest BCUT2D eigenvalue weighted by Crippen LogP contribution is -2.48. The van der Waals surface area contributed by atoms with Crippen molar-refractivity contribution in [1.29, 1.82) is 0 Å². The second-order valence-electron chi connectivity index (χ2n) is 5.25. The number of rotatable bonds is 3. The van der Waals surface area contributed by atoms with Crippen LogP contribution in [0, 0.1) is 5.92 Å². The maximum absolute atomic E-state index is 14.2. The topological polar surface area (TPSA) is 12.0 Å². The molecule has 14 heavy (non-hydrogen) atoms. The lowest BCUT2D eigenvalue weighted by molar-refractivity contribution is 0.0882. The van der Waals surface area contributed by atoms with E-state index in [2.05, 4.69) is 12.2 Å². The van der Waals surface area contributed by atoms with Crippen molar-refractivity contribution in [1.82, 2.24) is 5.32 Å². The van der Waals surface area contributed by atoms with E-state index in [-0.39, 0.29) is 0 Å². The second kappa shape index (κ2) is 4.18. The summed E-state index contributed by atoms with van der Waals surface area (Å²) < 4.78 is 14.2. The van der Waals surface area contributed by atoms with Gasteiger partial charge in [0.15, 0.2) is 0 Å². The van der Waals surface area contributed by atoms with E-state index in [9.17, 15) is 4.39 Å². The van der Waals surface area contributed by atoms with Crippen LogP contribution in [0.15, 0.2) is 0 Å². The van der Waals surface area contributed by atoms with Crippen molar-refractivity contribution >= 4 is 0 Å². The van der Waals surface area contributed by atoms with Gasteiger partial charge in [0.1, 0.15) is 5.67 Å². The summed E-state index contributed by atoms with van der Waals surface area (Å²) >= 11 is 0. The second-order valence-corrected chi connectivity index (χ2v) is 5.25. The minimum Gasteiger partial charge on any atom is -0.311 e. The highest BCUT2D eigenvalue weighted by atomic mass is 19.1. The molecule has 2 aliphatic carbocycles. The third-order valence-corrected chi connectivity index (χ3v) is 4.05. The maximum atomic E-state index is 14.2. The molecule has 0 aliphatic heterocycles. The predicted octanol–water partition coefficient (Wildman–Crippen LogP) is 3.05. The lowest BCUT2D eigenvalue weighted by atomic mass is 9.80. The van der Waals surface area contributed by atoms with Gasteiger partial charge in [-0.25, -0.2) is 4.39 Å². The zero-order valence-electron chi connectivity index (χ0n) is 9.19. The molecule has 0 radical (unpaired) electrons. The molecule has 2 atom stereocenters. The average molecular weight is 199 g/mol. The minimum atomic E-state index is -0.881. The van der Waals surface area contributed by atoms with Crippen molar-refractivity contribution in [3.8, 4) is 0 Å². The molecular weight excluding hydrogens is 177 g/mol. The molecule has 1 N–H and O–H groups in total. The van der Waals surface area contributed by atoms with Gasteiger partial charge in [0.05, 0.1) is 0 Å². The summed E-state index contributed by atoms with van der Waals surface area (Å²) in [4.78, 5) is 0. The molecule has 0 amide bonds. The van der Waals surface area contributed by atoms with E-state index < -0.39 is 5.67 Å². The molecule has 2 aliphatic rings. The van der Waals surface area contributed by atoms with Gasteiger partial charge in [-0.3, -0.25) is 0 Å². The number of nitrogens with one attached hydrogen (secondary N) is 1. The van der Waals surface area contributed by atoms with Crippen molar-refractivity contribution < 1.29 is 4.39 Å². The first-order valence-corrected chi connectivity index (χ1v) is 6.12. The molecule has 2 saturated carbocycles. The maximum Gasteiger partial charge on any atom is 0.123 e. The smallest absolute Gasteiger partial charge is 0.123 e. The summed E-state index contributed by atoms with van der Waals surface area (Å²) in [6.45, 7) is 2.86. The molecule has 0 spiro atoms. The molecule has 2 fully saturated rings. The number of hydrogen-bond acceptors (Lipinski definition) is 1. The third-order valence-electron chi connectivity index (χ3n) is 4.05. The minimum absolute atomic E-state index is 0.599. The molecule has 0 bridgehead atoms. The highest BCUT2D eigenvalue weighted by Crippen LogP contribution is 2.33. The van der Waals surface area contributed by atoms with Crippen LogP contribution in [0.1, 0.15) is 51.9 Å². The van der Waals surface area contributed by atoms with E-state index in [0.29, 0.717) is 12.6 Å². The Labute approximate surface area is 86.5 Å². The van der Waals surface area contributed by atoms with Crippen LogP contribution in [0.5, 0.6) is 0 Å². The van der Waals surface area contributed by atoms with Crippen molar-refractivity contribution in [2.24, 2.45) is 5.92 Å². The molecule has 0 aromatic heterocycles. The molecule has 0 aromatic rings. The molecule has 0 heterocycles. The van der Waals surface area contributed by atoms with Crippen LogP contribution >= 0.6 is 0 Å². The van der Waals surface area contributed by atoms with E-state index in [4.69, 9.17) is 0 Å². The van der Waals surface area contributed by atoms with Gasteiger partial charge in [0.25, 0.3) is 0 Å². The van der Waals surface area contributed by atoms with Gasteiger partial charge in [0, 0.05) is 12.6 Å². The monoisotopic (exact) mass is 199 g/mol. The van der Waals surface area contributed by atoms with Crippen LogP contribution in [0.4, 0.5) is 4.39 Å². The molecule has 82 valence electrons. The molecule has 0 saturated heterocycles. The zero-order chi connectivity index (χ0) is 10.0. The summed E-state index contributed by atoms with van der Waals surface area (Å²) in [5.74, 6) is 0.766. The first-order chi connectivity index (χ1) is 6.70. The molecule has 0 aromatic carbocycles. The Balaban J connectivity index is 1.72. The van der Waals surface area contributed by atoms with Gasteiger partial charge in [-0.15, -0.1) is 0 Å². The van der Waals surface area contributed by atoms with Crippen LogP contribution in [0.3, 0.4) is 0 Å². The number of alkyl halides is 1. The first-order valence-electron chi connectivity index (χ1n) is 6.12. The third kappa shape index (κ3) is 2.28. The lowest BCUT2D eigenvalue weighted by Gasteiger charge is -2.38. The summed E-state index contributed by atoms with van der Waals surface area (Å²) in [6, 6.07) is 0.601. The van der Waals surface area contributed by atoms with Crippen LogP contribution in [0.25, 0.3) is 0 Å². The van der Waals surface area contributed by atoms with Crippen LogP contribution in [-0.2, 0) is 0 Å². The van der Waals surface area contributed by atoms with Crippen LogP contribution < -0.4 is 5.32 Å². The standard InChI is InChI=1S/C12H22FN/c1-10-5-6-11(10)14-9-12(13)7-3-2-4-8-12/h10-11,14H,2-9H2,1H3. The molecule has 1 nitrogen and oxygen atoms in total. The van der Waals surface area contributed by atoms with E-state index >= 15 is 0 Å². The fourth-order valence-electron chi connectivity index (χ4n) is 2.65. The average Bonchev–Trinajstić information content (AvgIpc) is 2.17. The van der Waals surface area contributed by atoms with Crippen molar-refractivity contribution in [3.05, 3.63) is 0 Å². The van der Waals surface area contributed by atoms with Gasteiger partial charge in [0.2, 0.25) is 0 Å². The summed E-state index contributed by atoms with van der Waals surface area (Å²) in [7, 11) is 0. The Hall–Kier alpha value is -0.110. The van der Waals surface area contributed by atoms with Crippen molar-refractivity contribution in [2.75, 3.05) is 6.54 Å². The van der Waals surface area contributed by atoms with E-state index in [1.54, 1.807) is 0 Å². The van der Waals surface area contributed by atoms with Crippen LogP contribution in [-0.4, -0.2) is 18.3 Å². The van der Waals surface area contributed by atoms with E-state index in [1.807, 2.05) is 0 Å². The Bertz CT molecular complexity index is 187. The summed E-state index contributed by atoms with van der Waals surface area (Å²) in [6.07, 6.45) is 7.51. The van der Waals surface area contributed by atoms with Gasteiger partial charge in [-0.2, -0.15) is 0 Å². The first kappa shape index (κ1) is 10.4. The number of halogens is 1. The quantitative estimate of drug-likeness (QED) is 0.736. The van der Waals surface area contributed by atoms with Crippen molar-refractivity contribution in [3.63, 3.8) is 0 Å². The summed E-state index contributed by atoms with van der Waals surface area (Å²) in [5, 5.41) is 3.40. The van der Waals surface area contributed by atoms with Gasteiger partial charge >= 0.3 is 0 Å². The SMILES string of the molecule is CC1CCC1NCC1(F)CCCCC1. The number of hydrogen-bond donors (Lipinski definition) is 1. The van der Waals surface area contributed by atoms with Crippen LogP contribution in [0.2, 0.25) is 0 Å². The highest BCUT2D eigenvalue weighted by Gasteiger charge is 2.34. The Morgan fingerprint density at radius 2 is 1.93 bits per heavy atom. The molecular formula is C12H22FN. The van der Waals surface area contributed by atoms with E-state index in [0.717, 1.165) is 31.6 Å². The fourth-order valence-corrected chi connectivity index (χ4v) is 2.65. The van der Waals surface area contributed by atoms with Crippen molar-refractivity contribution in [2.45, 2.75) is 63.6 Å². The van der Waals surface area contributed by atoms with Gasteiger partial charge < -0.3 is 5.32 Å². The Morgan fingerprint density at radius 1 is 1.21 bits per heavy atom. The molecule has 2 heteroatoms. The molecule has 2 unspecified atom stereocenters. The normalized spacial score (nSPS) is 36.4. The van der Waals surface area contributed by atoms with E-state index in [1.165, 1.54) is 19.3 Å². The molecule has 2 rings (SSSR count). The largest absolute Gasteiger partial charge is 0.311 e. The highest BCUT2D eigenvalue weighted by molar-refractivity contribution is 4.90. The van der Waals surface area contributed by atoms with Gasteiger partial charge in [-0.05, 0) is 31.6 Å². The fraction of sp³-hybridized carbons (Fsp3) is 1.00. The zero-order valence-corrected chi connectivity index (χ0v) is 9.19. The predicted molar refractivity (Wildman–Crippen MR) is 57.1 cm³/mol. The van der Waals surface area contributed by atoms with Gasteiger partial charge in [-0.1, -0.05) is 26.2 Å². The summed E-state index contributed by atoms with van der Waals surface area (Å²) in [5.41, 5.74) is -0.881.